The molecule has 0 saturated carbocycles. The van der Waals surface area contributed by atoms with Gasteiger partial charge in [0, 0.05) is 16.5 Å². The predicted octanol–water partition coefficient (Wildman–Crippen LogP) is 4.50. The number of nitrogens with zero attached hydrogens (tertiary/aromatic N) is 2. The Kier molecular flexibility index (Phi) is 7.33. The number of ether oxygens (including phenoxy) is 2. The number of thiazole rings is 1. The molecule has 0 spiro atoms. The van der Waals surface area contributed by atoms with Crippen molar-refractivity contribution < 1.29 is 28.2 Å². The lowest BCUT2D eigenvalue weighted by atomic mass is 9.83. The van der Waals surface area contributed by atoms with Gasteiger partial charge in [-0.25, -0.2) is 9.29 Å². The number of aromatic nitrogens is 1. The van der Waals surface area contributed by atoms with E-state index in [1.165, 1.54) is 28.8 Å². The molecule has 3 amide bonds. The number of hydrogen-bond donors (Lipinski definition) is 1. The molecule has 0 radical (unpaired) electrons. The summed E-state index contributed by atoms with van der Waals surface area (Å²) in [6, 6.07) is 19.1. The maximum absolute atomic E-state index is 13.9. The lowest BCUT2D eigenvalue weighted by Crippen LogP contribution is -2.33. The summed E-state index contributed by atoms with van der Waals surface area (Å²) in [5.41, 5.74) is 1.54. The molecule has 4 aromatic rings. The highest BCUT2D eigenvalue weighted by Gasteiger charge is 2.56. The lowest BCUT2D eigenvalue weighted by Gasteiger charge is -2.30. The van der Waals surface area contributed by atoms with Gasteiger partial charge in [-0.2, -0.15) is 0 Å². The van der Waals surface area contributed by atoms with Crippen molar-refractivity contribution in [2.24, 2.45) is 5.92 Å². The summed E-state index contributed by atoms with van der Waals surface area (Å²) in [6.45, 7) is -0.278. The van der Waals surface area contributed by atoms with E-state index in [0.717, 1.165) is 33.6 Å². The van der Waals surface area contributed by atoms with E-state index in [-0.39, 0.29) is 17.1 Å². The first-order valence-corrected chi connectivity index (χ1v) is 14.6. The minimum absolute atomic E-state index is 0.273. The Balaban J connectivity index is 1.38. The van der Waals surface area contributed by atoms with E-state index in [1.54, 1.807) is 50.6 Å². The molecule has 42 heavy (non-hydrogen) atoms. The highest BCUT2D eigenvalue weighted by molar-refractivity contribution is 8.00. The van der Waals surface area contributed by atoms with Crippen LogP contribution in [0.2, 0.25) is 0 Å². The molecule has 0 aliphatic carbocycles. The Morgan fingerprint density at radius 3 is 2.12 bits per heavy atom. The average Bonchev–Trinajstić information content (AvgIpc) is 3.44. The zero-order valence-electron chi connectivity index (χ0n) is 22.4. The van der Waals surface area contributed by atoms with Crippen molar-refractivity contribution in [3.05, 3.63) is 98.7 Å². The number of hydrogen-bond acceptors (Lipinski definition) is 8. The largest absolute Gasteiger partial charge is 0.497 e. The van der Waals surface area contributed by atoms with Gasteiger partial charge in [0.2, 0.25) is 17.7 Å². The number of rotatable bonds is 7. The van der Waals surface area contributed by atoms with Crippen LogP contribution in [-0.2, 0) is 20.9 Å². The molecule has 3 aromatic carbocycles. The maximum atomic E-state index is 13.9. The van der Waals surface area contributed by atoms with Crippen LogP contribution in [0.25, 0.3) is 0 Å². The summed E-state index contributed by atoms with van der Waals surface area (Å²) in [6.07, 6.45) is 0. The molecule has 6 rings (SSSR count). The van der Waals surface area contributed by atoms with E-state index in [4.69, 9.17) is 9.47 Å². The SMILES string of the molecule is COc1ccc(NC(=O)Cn2c3c(sc2=O)[C@@H](c2ccc(OC)cc2)[C@@H]2C(=O)N(c4ccc(F)cc4)C(=O)[C@@H]2S3)cc1. The second kappa shape index (κ2) is 11.1. The van der Waals surface area contributed by atoms with E-state index in [9.17, 15) is 23.6 Å². The summed E-state index contributed by atoms with van der Waals surface area (Å²) in [4.78, 5) is 55.3. The number of methoxy groups -OCH3 is 2. The van der Waals surface area contributed by atoms with Gasteiger partial charge < -0.3 is 14.8 Å². The molecular formula is C30H24FN3O6S2. The number of benzene rings is 3. The summed E-state index contributed by atoms with van der Waals surface area (Å²) in [5, 5.41) is 2.40. The van der Waals surface area contributed by atoms with Crippen molar-refractivity contribution in [3.63, 3.8) is 0 Å². The van der Waals surface area contributed by atoms with E-state index < -0.39 is 40.6 Å². The third kappa shape index (κ3) is 4.86. The van der Waals surface area contributed by atoms with Crippen LogP contribution in [0.5, 0.6) is 11.5 Å². The zero-order chi connectivity index (χ0) is 29.5. The molecular weight excluding hydrogens is 581 g/mol. The number of carbonyl (C=O) groups is 3. The van der Waals surface area contributed by atoms with Gasteiger partial charge in [0.1, 0.15) is 29.1 Å². The summed E-state index contributed by atoms with van der Waals surface area (Å²) < 4.78 is 25.4. The molecule has 0 bridgehead atoms. The summed E-state index contributed by atoms with van der Waals surface area (Å²) in [7, 11) is 3.09. The predicted molar refractivity (Wildman–Crippen MR) is 157 cm³/mol. The third-order valence-electron chi connectivity index (χ3n) is 7.28. The van der Waals surface area contributed by atoms with E-state index in [2.05, 4.69) is 5.32 Å². The third-order valence-corrected chi connectivity index (χ3v) is 9.89. The topological polar surface area (TPSA) is 107 Å². The first-order valence-electron chi connectivity index (χ1n) is 12.9. The molecule has 0 unspecified atom stereocenters. The maximum Gasteiger partial charge on any atom is 0.308 e. The molecule has 1 saturated heterocycles. The van der Waals surface area contributed by atoms with Gasteiger partial charge in [-0.15, -0.1) is 0 Å². The lowest BCUT2D eigenvalue weighted by molar-refractivity contribution is -0.122. The Bertz CT molecular complexity index is 1730. The Hall–Kier alpha value is -4.42. The van der Waals surface area contributed by atoms with E-state index in [1.807, 2.05) is 12.1 Å². The summed E-state index contributed by atoms with van der Waals surface area (Å²) >= 11 is 2.08. The van der Waals surface area contributed by atoms with Crippen molar-refractivity contribution >= 4 is 52.2 Å². The number of thioether (sulfide) groups is 1. The van der Waals surface area contributed by atoms with Crippen molar-refractivity contribution in [2.45, 2.75) is 22.7 Å². The quantitative estimate of drug-likeness (QED) is 0.309. The van der Waals surface area contributed by atoms with Crippen molar-refractivity contribution in [1.29, 1.82) is 0 Å². The van der Waals surface area contributed by atoms with Gasteiger partial charge >= 0.3 is 4.87 Å². The summed E-state index contributed by atoms with van der Waals surface area (Å²) in [5.74, 6) is -1.98. The Morgan fingerprint density at radius 1 is 0.881 bits per heavy atom. The molecule has 2 aliphatic heterocycles. The van der Waals surface area contributed by atoms with Gasteiger partial charge in [0.25, 0.3) is 0 Å². The van der Waals surface area contributed by atoms with Crippen LogP contribution in [0.3, 0.4) is 0 Å². The molecule has 1 aromatic heterocycles. The average molecular weight is 606 g/mol. The second-order valence-electron chi connectivity index (χ2n) is 9.70. The number of carbonyl (C=O) groups excluding carboxylic acids is 3. The van der Waals surface area contributed by atoms with Crippen LogP contribution < -0.4 is 24.6 Å². The number of anilines is 2. The number of imide groups is 1. The minimum Gasteiger partial charge on any atom is -0.497 e. The molecule has 9 nitrogen and oxygen atoms in total. The molecule has 3 heterocycles. The monoisotopic (exact) mass is 605 g/mol. The van der Waals surface area contributed by atoms with Gasteiger partial charge in [0.15, 0.2) is 0 Å². The standard InChI is InChI=1S/C30H24FN3O6S2/c1-39-20-11-3-16(4-12-20)23-24-25(28(37)34(27(24)36)19-9-5-17(31)6-10-19)41-29-26(23)42-30(38)33(29)15-22(35)32-18-7-13-21(40-2)14-8-18/h3-14,23-25H,15H2,1-2H3,(H,32,35)/t23-,24-,25+/m0/s1. The highest BCUT2D eigenvalue weighted by Crippen LogP contribution is 2.54. The van der Waals surface area contributed by atoms with Crippen LogP contribution in [0.4, 0.5) is 15.8 Å². The van der Waals surface area contributed by atoms with Gasteiger partial charge in [0.05, 0.1) is 30.9 Å². The van der Waals surface area contributed by atoms with Gasteiger partial charge in [-0.05, 0) is 66.2 Å². The smallest absolute Gasteiger partial charge is 0.308 e. The van der Waals surface area contributed by atoms with Crippen molar-refractivity contribution in [3.8, 4) is 11.5 Å². The number of fused-ring (bicyclic) bond motifs is 2. The number of nitrogens with one attached hydrogen (secondary N) is 1. The fourth-order valence-corrected chi connectivity index (χ4v) is 8.06. The first-order chi connectivity index (χ1) is 20.3. The van der Waals surface area contributed by atoms with Crippen LogP contribution in [-0.4, -0.2) is 41.8 Å². The zero-order valence-corrected chi connectivity index (χ0v) is 24.0. The van der Waals surface area contributed by atoms with Crippen LogP contribution >= 0.6 is 23.1 Å². The molecule has 1 fully saturated rings. The van der Waals surface area contributed by atoms with Crippen molar-refractivity contribution in [1.82, 2.24) is 4.57 Å². The number of halogens is 1. The van der Waals surface area contributed by atoms with Crippen LogP contribution in [0, 0.1) is 11.7 Å². The fourth-order valence-electron chi connectivity index (χ4n) is 5.29. The van der Waals surface area contributed by atoms with E-state index in [0.29, 0.717) is 27.1 Å². The first kappa shape index (κ1) is 27.7. The molecule has 3 atom stereocenters. The van der Waals surface area contributed by atoms with E-state index >= 15 is 0 Å². The molecule has 2 aliphatic rings. The van der Waals surface area contributed by atoms with Crippen LogP contribution in [0.1, 0.15) is 16.4 Å². The van der Waals surface area contributed by atoms with Gasteiger partial charge in [-0.3, -0.25) is 23.7 Å². The Labute approximate surface area is 247 Å². The van der Waals surface area contributed by atoms with Crippen molar-refractivity contribution in [2.75, 3.05) is 24.4 Å². The minimum atomic E-state index is -0.855. The molecule has 1 N–H and O–H groups in total. The Morgan fingerprint density at radius 2 is 1.50 bits per heavy atom. The highest BCUT2D eigenvalue weighted by atomic mass is 32.2. The van der Waals surface area contributed by atoms with Gasteiger partial charge in [-0.1, -0.05) is 35.2 Å². The fraction of sp³-hybridized carbons (Fsp3) is 0.200. The second-order valence-corrected chi connectivity index (χ2v) is 11.8. The normalized spacial score (nSPS) is 19.3. The van der Waals surface area contributed by atoms with Crippen LogP contribution in [0.15, 0.2) is 82.6 Å². The molecule has 12 heteroatoms. The molecule has 214 valence electrons. The number of amides is 3.